The van der Waals surface area contributed by atoms with Gasteiger partial charge in [-0.25, -0.2) is 0 Å². The van der Waals surface area contributed by atoms with Gasteiger partial charge in [-0.1, -0.05) is 0 Å². The first-order chi connectivity index (χ1) is 8.59. The standard InChI is InChI=1S/C15H29N3O/c1-12(2)18-10-7-13(17-18)11-15(6,19)8-9-16-14(3,4)5/h7,10,12,16,19H,8-9,11H2,1-6H3. The second-order valence-electron chi connectivity index (χ2n) is 6.98. The molecule has 0 aliphatic heterocycles. The molecule has 0 spiro atoms. The van der Waals surface area contributed by atoms with Crippen LogP contribution in [-0.2, 0) is 6.42 Å². The van der Waals surface area contributed by atoms with Crippen LogP contribution < -0.4 is 5.32 Å². The van der Waals surface area contributed by atoms with Crippen molar-refractivity contribution in [3.05, 3.63) is 18.0 Å². The summed E-state index contributed by atoms with van der Waals surface area (Å²) in [6.07, 6.45) is 3.29. The average Bonchev–Trinajstić information content (AvgIpc) is 2.62. The molecule has 1 unspecified atom stereocenters. The van der Waals surface area contributed by atoms with Crippen LogP contribution in [0, 0.1) is 0 Å². The minimum absolute atomic E-state index is 0.0926. The van der Waals surface area contributed by atoms with Crippen molar-refractivity contribution in [3.8, 4) is 0 Å². The van der Waals surface area contributed by atoms with Gasteiger partial charge in [-0.05, 0) is 60.6 Å². The smallest absolute Gasteiger partial charge is 0.0687 e. The van der Waals surface area contributed by atoms with E-state index >= 15 is 0 Å². The number of nitrogens with zero attached hydrogens (tertiary/aromatic N) is 2. The van der Waals surface area contributed by atoms with Crippen LogP contribution in [0.1, 0.15) is 59.7 Å². The zero-order chi connectivity index (χ0) is 14.7. The highest BCUT2D eigenvalue weighted by Crippen LogP contribution is 2.16. The van der Waals surface area contributed by atoms with Crippen molar-refractivity contribution in [2.75, 3.05) is 6.54 Å². The third kappa shape index (κ3) is 6.21. The Bertz CT molecular complexity index is 388. The lowest BCUT2D eigenvalue weighted by Gasteiger charge is -2.26. The lowest BCUT2D eigenvalue weighted by atomic mass is 9.95. The number of nitrogens with one attached hydrogen (secondary N) is 1. The third-order valence-corrected chi connectivity index (χ3v) is 3.07. The van der Waals surface area contributed by atoms with E-state index in [4.69, 9.17) is 0 Å². The number of hydrogen-bond acceptors (Lipinski definition) is 3. The second kappa shape index (κ2) is 6.06. The second-order valence-corrected chi connectivity index (χ2v) is 6.98. The van der Waals surface area contributed by atoms with Crippen molar-refractivity contribution >= 4 is 0 Å². The molecule has 0 fully saturated rings. The van der Waals surface area contributed by atoms with E-state index in [1.54, 1.807) is 0 Å². The van der Waals surface area contributed by atoms with Crippen LogP contribution in [-0.4, -0.2) is 32.6 Å². The minimum Gasteiger partial charge on any atom is -0.390 e. The summed E-state index contributed by atoms with van der Waals surface area (Å²) in [4.78, 5) is 0. The SMILES string of the molecule is CC(C)n1ccc(CC(C)(O)CCNC(C)(C)C)n1. The molecule has 1 heterocycles. The number of rotatable bonds is 6. The van der Waals surface area contributed by atoms with Crippen molar-refractivity contribution in [2.24, 2.45) is 0 Å². The first-order valence-corrected chi connectivity index (χ1v) is 7.10. The normalized spacial score (nSPS) is 15.8. The summed E-state index contributed by atoms with van der Waals surface area (Å²) < 4.78 is 1.93. The molecule has 0 aliphatic rings. The molecule has 0 saturated heterocycles. The number of aliphatic hydroxyl groups is 1. The molecule has 0 amide bonds. The first kappa shape index (κ1) is 16.2. The van der Waals surface area contributed by atoms with E-state index in [1.165, 1.54) is 0 Å². The van der Waals surface area contributed by atoms with Gasteiger partial charge in [-0.3, -0.25) is 4.68 Å². The van der Waals surface area contributed by atoms with Crippen LogP contribution in [0.5, 0.6) is 0 Å². The molecular weight excluding hydrogens is 238 g/mol. The molecule has 1 atom stereocenters. The quantitative estimate of drug-likeness (QED) is 0.833. The van der Waals surface area contributed by atoms with Gasteiger partial charge in [0.05, 0.1) is 11.3 Å². The molecule has 110 valence electrons. The zero-order valence-corrected chi connectivity index (χ0v) is 13.2. The molecule has 1 aromatic heterocycles. The first-order valence-electron chi connectivity index (χ1n) is 7.10. The number of aromatic nitrogens is 2. The van der Waals surface area contributed by atoms with Gasteiger partial charge in [-0.15, -0.1) is 0 Å². The Morgan fingerprint density at radius 1 is 1.32 bits per heavy atom. The van der Waals surface area contributed by atoms with Gasteiger partial charge in [0, 0.05) is 24.2 Å². The number of hydrogen-bond donors (Lipinski definition) is 2. The molecule has 0 radical (unpaired) electrons. The zero-order valence-electron chi connectivity index (χ0n) is 13.2. The lowest BCUT2D eigenvalue weighted by molar-refractivity contribution is 0.0488. The Labute approximate surface area is 117 Å². The van der Waals surface area contributed by atoms with Gasteiger partial charge in [0.25, 0.3) is 0 Å². The van der Waals surface area contributed by atoms with Gasteiger partial charge in [-0.2, -0.15) is 5.10 Å². The summed E-state index contributed by atoms with van der Waals surface area (Å²) in [7, 11) is 0. The van der Waals surface area contributed by atoms with Crippen molar-refractivity contribution in [3.63, 3.8) is 0 Å². The molecule has 0 aromatic carbocycles. The highest BCUT2D eigenvalue weighted by atomic mass is 16.3. The van der Waals surface area contributed by atoms with Crippen LogP contribution in [0.4, 0.5) is 0 Å². The van der Waals surface area contributed by atoms with E-state index in [1.807, 2.05) is 23.9 Å². The fourth-order valence-corrected chi connectivity index (χ4v) is 1.94. The molecule has 0 saturated carbocycles. The van der Waals surface area contributed by atoms with Gasteiger partial charge < -0.3 is 10.4 Å². The Morgan fingerprint density at radius 2 is 1.95 bits per heavy atom. The van der Waals surface area contributed by atoms with E-state index in [9.17, 15) is 5.11 Å². The van der Waals surface area contributed by atoms with Crippen molar-refractivity contribution < 1.29 is 5.11 Å². The molecule has 4 heteroatoms. The van der Waals surface area contributed by atoms with E-state index in [0.717, 1.165) is 18.7 Å². The molecule has 19 heavy (non-hydrogen) atoms. The summed E-state index contributed by atoms with van der Waals surface area (Å²) in [6.45, 7) is 13.3. The molecule has 0 aliphatic carbocycles. The maximum absolute atomic E-state index is 10.4. The Hall–Kier alpha value is -0.870. The van der Waals surface area contributed by atoms with Gasteiger partial charge in [0.2, 0.25) is 0 Å². The predicted octanol–water partition coefficient (Wildman–Crippen LogP) is 2.54. The summed E-state index contributed by atoms with van der Waals surface area (Å²) in [5, 5.41) is 18.3. The van der Waals surface area contributed by atoms with Crippen LogP contribution in [0.2, 0.25) is 0 Å². The summed E-state index contributed by atoms with van der Waals surface area (Å²) in [6, 6.07) is 2.35. The topological polar surface area (TPSA) is 50.1 Å². The van der Waals surface area contributed by atoms with Crippen LogP contribution >= 0.6 is 0 Å². The van der Waals surface area contributed by atoms with Crippen LogP contribution in [0.15, 0.2) is 12.3 Å². The minimum atomic E-state index is -0.714. The molecule has 1 aromatic rings. The van der Waals surface area contributed by atoms with E-state index in [-0.39, 0.29) is 5.54 Å². The Balaban J connectivity index is 2.49. The fraction of sp³-hybridized carbons (Fsp3) is 0.800. The maximum Gasteiger partial charge on any atom is 0.0687 e. The molecule has 1 rings (SSSR count). The van der Waals surface area contributed by atoms with Gasteiger partial charge in [0.1, 0.15) is 0 Å². The average molecular weight is 267 g/mol. The largest absolute Gasteiger partial charge is 0.390 e. The summed E-state index contributed by atoms with van der Waals surface area (Å²) in [5.41, 5.74) is 0.332. The summed E-state index contributed by atoms with van der Waals surface area (Å²) in [5.74, 6) is 0. The lowest BCUT2D eigenvalue weighted by Crippen LogP contribution is -2.40. The Kier molecular flexibility index (Phi) is 5.16. The molecular formula is C15H29N3O. The van der Waals surface area contributed by atoms with E-state index < -0.39 is 5.60 Å². The van der Waals surface area contributed by atoms with Gasteiger partial charge >= 0.3 is 0 Å². The van der Waals surface area contributed by atoms with Crippen molar-refractivity contribution in [2.45, 2.75) is 71.6 Å². The molecule has 2 N–H and O–H groups in total. The predicted molar refractivity (Wildman–Crippen MR) is 79.3 cm³/mol. The fourth-order valence-electron chi connectivity index (χ4n) is 1.94. The molecule has 0 bridgehead atoms. The highest BCUT2D eigenvalue weighted by Gasteiger charge is 2.23. The van der Waals surface area contributed by atoms with Crippen molar-refractivity contribution in [1.29, 1.82) is 0 Å². The Morgan fingerprint density at radius 3 is 2.42 bits per heavy atom. The van der Waals surface area contributed by atoms with Gasteiger partial charge in [0.15, 0.2) is 0 Å². The van der Waals surface area contributed by atoms with E-state index in [0.29, 0.717) is 12.5 Å². The van der Waals surface area contributed by atoms with Crippen molar-refractivity contribution in [1.82, 2.24) is 15.1 Å². The molecule has 4 nitrogen and oxygen atoms in total. The monoisotopic (exact) mass is 267 g/mol. The third-order valence-electron chi connectivity index (χ3n) is 3.07. The van der Waals surface area contributed by atoms with Crippen LogP contribution in [0.3, 0.4) is 0 Å². The van der Waals surface area contributed by atoms with Crippen LogP contribution in [0.25, 0.3) is 0 Å². The van der Waals surface area contributed by atoms with E-state index in [2.05, 4.69) is 45.0 Å². The highest BCUT2D eigenvalue weighted by molar-refractivity contribution is 5.03. The maximum atomic E-state index is 10.4. The summed E-state index contributed by atoms with van der Waals surface area (Å²) >= 11 is 0.